The minimum absolute atomic E-state index is 0.103. The van der Waals surface area contributed by atoms with E-state index in [1.807, 2.05) is 70.3 Å². The highest BCUT2D eigenvalue weighted by molar-refractivity contribution is 5.91. The molecule has 9 heteroatoms. The second-order valence-electron chi connectivity index (χ2n) is 11.7. The molecule has 1 aromatic heterocycles. The first kappa shape index (κ1) is 26.2. The lowest BCUT2D eigenvalue weighted by Gasteiger charge is -2.34. The predicted molar refractivity (Wildman–Crippen MR) is 144 cm³/mol. The lowest BCUT2D eigenvalue weighted by Crippen LogP contribution is -2.50. The summed E-state index contributed by atoms with van der Waals surface area (Å²) in [6, 6.07) is 10.1. The summed E-state index contributed by atoms with van der Waals surface area (Å²) in [5.41, 5.74) is 1.32. The maximum absolute atomic E-state index is 14.0. The lowest BCUT2D eigenvalue weighted by atomic mass is 9.85. The first-order valence-electron chi connectivity index (χ1n) is 13.3. The molecule has 1 aliphatic heterocycles. The molecule has 2 heterocycles. The monoisotopic (exact) mass is 519 g/mol. The van der Waals surface area contributed by atoms with Gasteiger partial charge in [-0.3, -0.25) is 9.59 Å². The van der Waals surface area contributed by atoms with Crippen LogP contribution in [-0.4, -0.2) is 62.6 Å². The topological polar surface area (TPSA) is 110 Å². The first-order valence-corrected chi connectivity index (χ1v) is 13.3. The quantitative estimate of drug-likeness (QED) is 0.492. The van der Waals surface area contributed by atoms with Crippen LogP contribution in [0.15, 0.2) is 42.6 Å². The van der Waals surface area contributed by atoms with Gasteiger partial charge in [-0.1, -0.05) is 50.3 Å². The van der Waals surface area contributed by atoms with Gasteiger partial charge in [0.15, 0.2) is 0 Å². The lowest BCUT2D eigenvalue weighted by molar-refractivity contribution is -0.144. The van der Waals surface area contributed by atoms with Gasteiger partial charge in [0.2, 0.25) is 11.8 Å². The number of nitrogens with one attached hydrogen (secondary N) is 1. The van der Waals surface area contributed by atoms with Crippen LogP contribution in [0.2, 0.25) is 0 Å². The van der Waals surface area contributed by atoms with Crippen molar-refractivity contribution in [3.8, 4) is 5.75 Å². The molecule has 1 unspecified atom stereocenters. The van der Waals surface area contributed by atoms with Gasteiger partial charge in [-0.2, -0.15) is 0 Å². The van der Waals surface area contributed by atoms with E-state index in [1.165, 1.54) is 4.90 Å². The van der Waals surface area contributed by atoms with E-state index in [0.29, 0.717) is 5.92 Å². The van der Waals surface area contributed by atoms with Crippen LogP contribution in [-0.2, 0) is 9.59 Å². The first-order chi connectivity index (χ1) is 18.1. The maximum atomic E-state index is 14.0. The third kappa shape index (κ3) is 5.12. The highest BCUT2D eigenvalue weighted by atomic mass is 16.5. The SMILES string of the molecule is COc1cc(C(C)NC(=O)[C@@H]2C[C@@H](O)CN2C(=O)[C@@H](n2cc(C3CC3)nn2)C(C)(C)C)cc2ccccc12. The normalized spacial score (nSPS) is 21.4. The molecule has 5 rings (SSSR count). The number of ether oxygens (including phenoxy) is 1. The third-order valence-corrected chi connectivity index (χ3v) is 7.63. The van der Waals surface area contributed by atoms with Crippen molar-refractivity contribution in [3.05, 3.63) is 53.9 Å². The highest BCUT2D eigenvalue weighted by Crippen LogP contribution is 2.40. The zero-order valence-corrected chi connectivity index (χ0v) is 22.7. The molecule has 1 aliphatic carbocycles. The minimum atomic E-state index is -0.779. The zero-order chi connectivity index (χ0) is 27.2. The van der Waals surface area contributed by atoms with Crippen molar-refractivity contribution in [2.75, 3.05) is 13.7 Å². The molecule has 1 saturated carbocycles. The number of aliphatic hydroxyl groups excluding tert-OH is 1. The number of carbonyl (C=O) groups is 2. The van der Waals surface area contributed by atoms with E-state index in [0.717, 1.165) is 40.6 Å². The molecule has 2 N–H and O–H groups in total. The molecule has 38 heavy (non-hydrogen) atoms. The number of aromatic nitrogens is 3. The number of carbonyl (C=O) groups excluding carboxylic acids is 2. The second kappa shape index (κ2) is 10.0. The summed E-state index contributed by atoms with van der Waals surface area (Å²) in [6.45, 7) is 7.94. The number of hydrogen-bond acceptors (Lipinski definition) is 6. The number of fused-ring (bicyclic) bond motifs is 1. The Kier molecular flexibility index (Phi) is 6.90. The number of benzene rings is 2. The van der Waals surface area contributed by atoms with E-state index in [-0.39, 0.29) is 30.8 Å². The largest absolute Gasteiger partial charge is 0.496 e. The van der Waals surface area contributed by atoms with E-state index in [1.54, 1.807) is 11.8 Å². The van der Waals surface area contributed by atoms with Crippen LogP contribution in [0.5, 0.6) is 5.75 Å². The minimum Gasteiger partial charge on any atom is -0.496 e. The Labute approximate surface area is 223 Å². The van der Waals surface area contributed by atoms with Crippen LogP contribution in [0.25, 0.3) is 10.8 Å². The molecule has 0 bridgehead atoms. The van der Waals surface area contributed by atoms with Crippen molar-refractivity contribution < 1.29 is 19.4 Å². The number of rotatable bonds is 7. The van der Waals surface area contributed by atoms with Crippen molar-refractivity contribution in [2.24, 2.45) is 5.41 Å². The van der Waals surface area contributed by atoms with E-state index in [4.69, 9.17) is 4.74 Å². The summed E-state index contributed by atoms with van der Waals surface area (Å²) in [5.74, 6) is 0.626. The number of hydrogen-bond donors (Lipinski definition) is 2. The van der Waals surface area contributed by atoms with Gasteiger partial charge < -0.3 is 20.1 Å². The molecule has 3 aromatic rings. The number of aliphatic hydroxyl groups is 1. The summed E-state index contributed by atoms with van der Waals surface area (Å²) >= 11 is 0. The Morgan fingerprint density at radius 3 is 2.61 bits per heavy atom. The Bertz CT molecular complexity index is 1340. The molecule has 2 fully saturated rings. The van der Waals surface area contributed by atoms with Crippen LogP contribution in [0.1, 0.15) is 76.2 Å². The van der Waals surface area contributed by atoms with Gasteiger partial charge in [-0.05, 0) is 48.3 Å². The van der Waals surface area contributed by atoms with E-state index in [2.05, 4.69) is 15.6 Å². The fourth-order valence-corrected chi connectivity index (χ4v) is 5.44. The summed E-state index contributed by atoms with van der Waals surface area (Å²) in [6.07, 6.45) is 3.46. The zero-order valence-electron chi connectivity index (χ0n) is 22.7. The summed E-state index contributed by atoms with van der Waals surface area (Å²) in [4.78, 5) is 29.0. The molecule has 2 aliphatic rings. The van der Waals surface area contributed by atoms with E-state index < -0.39 is 23.6 Å². The Morgan fingerprint density at radius 2 is 1.92 bits per heavy atom. The fourth-order valence-electron chi connectivity index (χ4n) is 5.44. The fraction of sp³-hybridized carbons (Fsp3) is 0.517. The van der Waals surface area contributed by atoms with E-state index >= 15 is 0 Å². The van der Waals surface area contributed by atoms with Crippen LogP contribution in [0, 0.1) is 5.41 Å². The molecule has 9 nitrogen and oxygen atoms in total. The highest BCUT2D eigenvalue weighted by Gasteiger charge is 2.45. The van der Waals surface area contributed by atoms with Gasteiger partial charge in [0.05, 0.1) is 24.9 Å². The van der Waals surface area contributed by atoms with Crippen molar-refractivity contribution in [1.29, 1.82) is 0 Å². The number of nitrogens with zero attached hydrogens (tertiary/aromatic N) is 4. The summed E-state index contributed by atoms with van der Waals surface area (Å²) < 4.78 is 7.23. The van der Waals surface area contributed by atoms with Gasteiger partial charge in [0.25, 0.3) is 0 Å². The molecule has 4 atom stereocenters. The second-order valence-corrected chi connectivity index (χ2v) is 11.7. The van der Waals surface area contributed by atoms with Gasteiger partial charge in [-0.25, -0.2) is 4.68 Å². The summed E-state index contributed by atoms with van der Waals surface area (Å²) in [7, 11) is 1.63. The third-order valence-electron chi connectivity index (χ3n) is 7.63. The number of amides is 2. The van der Waals surface area contributed by atoms with Crippen LogP contribution < -0.4 is 10.1 Å². The van der Waals surface area contributed by atoms with Crippen LogP contribution in [0.3, 0.4) is 0 Å². The number of likely N-dealkylation sites (tertiary alicyclic amines) is 1. The average Bonchev–Trinajstić information content (AvgIpc) is 3.48. The molecule has 2 amide bonds. The van der Waals surface area contributed by atoms with Crippen LogP contribution >= 0.6 is 0 Å². The maximum Gasteiger partial charge on any atom is 0.248 e. The van der Waals surface area contributed by atoms with Gasteiger partial charge in [-0.15, -0.1) is 5.10 Å². The Hall–Kier alpha value is -3.46. The van der Waals surface area contributed by atoms with Crippen molar-refractivity contribution in [2.45, 2.75) is 77.1 Å². The average molecular weight is 520 g/mol. The van der Waals surface area contributed by atoms with Crippen molar-refractivity contribution >= 4 is 22.6 Å². The molecule has 0 radical (unpaired) electrons. The predicted octanol–water partition coefficient (Wildman–Crippen LogP) is 3.74. The van der Waals surface area contributed by atoms with Crippen LogP contribution in [0.4, 0.5) is 0 Å². The van der Waals surface area contributed by atoms with Gasteiger partial charge in [0, 0.05) is 30.5 Å². The molecule has 0 spiro atoms. The molecule has 202 valence electrons. The van der Waals surface area contributed by atoms with Crippen molar-refractivity contribution in [1.82, 2.24) is 25.2 Å². The number of β-amino-alcohol motifs (C(OH)–C–C–N with tert-alkyl or cyclic N) is 1. The smallest absolute Gasteiger partial charge is 0.248 e. The molecular weight excluding hydrogens is 482 g/mol. The molecule has 1 saturated heterocycles. The van der Waals surface area contributed by atoms with Crippen molar-refractivity contribution in [3.63, 3.8) is 0 Å². The summed E-state index contributed by atoms with van der Waals surface area (Å²) in [5, 5.41) is 24.2. The van der Waals surface area contributed by atoms with E-state index in [9.17, 15) is 14.7 Å². The standard InChI is InChI=1S/C29H37N5O4/c1-17(20-12-19-8-6-7-9-22(19)25(13-20)38-5)30-27(36)24-14-21(35)15-33(24)28(37)26(29(2,3)4)34-16-23(31-32-34)18-10-11-18/h6-9,12-13,16-18,21,24,26,35H,10-11,14-15H2,1-5H3,(H,30,36)/t17?,21-,24+,26-/m1/s1. The van der Waals surface area contributed by atoms with Gasteiger partial charge >= 0.3 is 0 Å². The Morgan fingerprint density at radius 1 is 1.18 bits per heavy atom. The molecular formula is C29H37N5O4. The Balaban J connectivity index is 1.37. The number of methoxy groups -OCH3 is 1. The van der Waals surface area contributed by atoms with Gasteiger partial charge in [0.1, 0.15) is 17.8 Å². The molecule has 2 aromatic carbocycles.